The average Bonchev–Trinajstić information content (AvgIpc) is 3.15. The van der Waals surface area contributed by atoms with Gasteiger partial charge >= 0.3 is 17.0 Å². The van der Waals surface area contributed by atoms with Gasteiger partial charge in [0.1, 0.15) is 11.4 Å². The number of carboxylic acid groups (broad SMARTS) is 1. The maximum Gasteiger partial charge on any atom is 0.342 e. The SMILES string of the molecule is O=C(O)CSc1n[nH]c(-c2ccco2)[n+]1-c1ccccc1. The van der Waals surface area contributed by atoms with Crippen molar-refractivity contribution in [2.24, 2.45) is 0 Å². The predicted molar refractivity (Wildman–Crippen MR) is 76.2 cm³/mol. The van der Waals surface area contributed by atoms with Gasteiger partial charge in [0.15, 0.2) is 0 Å². The second-order valence-corrected chi connectivity index (χ2v) is 5.13. The number of thioether (sulfide) groups is 1. The molecule has 0 aliphatic heterocycles. The number of aromatic amines is 1. The van der Waals surface area contributed by atoms with E-state index in [1.165, 1.54) is 0 Å². The molecule has 0 saturated heterocycles. The van der Waals surface area contributed by atoms with Crippen LogP contribution in [0.2, 0.25) is 0 Å². The Morgan fingerprint density at radius 2 is 2.10 bits per heavy atom. The highest BCUT2D eigenvalue weighted by Crippen LogP contribution is 2.20. The third-order valence-electron chi connectivity index (χ3n) is 2.77. The molecule has 2 heterocycles. The number of para-hydroxylation sites is 1. The van der Waals surface area contributed by atoms with E-state index in [9.17, 15) is 4.79 Å². The van der Waals surface area contributed by atoms with Crippen LogP contribution in [0.15, 0.2) is 58.3 Å². The third kappa shape index (κ3) is 2.82. The van der Waals surface area contributed by atoms with E-state index in [0.29, 0.717) is 16.7 Å². The Labute approximate surface area is 124 Å². The topological polar surface area (TPSA) is 83.0 Å². The maximum atomic E-state index is 10.8. The maximum absolute atomic E-state index is 10.8. The molecule has 0 aliphatic rings. The molecule has 3 aromatic rings. The molecule has 0 bridgehead atoms. The van der Waals surface area contributed by atoms with Crippen LogP contribution >= 0.6 is 11.8 Å². The minimum Gasteiger partial charge on any atom is -0.481 e. The molecule has 106 valence electrons. The summed E-state index contributed by atoms with van der Waals surface area (Å²) < 4.78 is 7.24. The second-order valence-electron chi connectivity index (χ2n) is 4.19. The molecule has 1 aromatic carbocycles. The summed E-state index contributed by atoms with van der Waals surface area (Å²) >= 11 is 1.15. The van der Waals surface area contributed by atoms with Crippen molar-refractivity contribution in [3.05, 3.63) is 48.7 Å². The Bertz CT molecular complexity index is 738. The molecular weight excluding hydrogens is 290 g/mol. The van der Waals surface area contributed by atoms with Crippen LogP contribution in [0.3, 0.4) is 0 Å². The molecule has 2 N–H and O–H groups in total. The summed E-state index contributed by atoms with van der Waals surface area (Å²) in [6.45, 7) is 0. The summed E-state index contributed by atoms with van der Waals surface area (Å²) in [5.74, 6) is 0.352. The first-order valence-corrected chi connectivity index (χ1v) is 7.18. The molecule has 0 saturated carbocycles. The lowest BCUT2D eigenvalue weighted by Gasteiger charge is -2.01. The number of hydrogen-bond donors (Lipinski definition) is 2. The lowest BCUT2D eigenvalue weighted by Crippen LogP contribution is -2.34. The average molecular weight is 302 g/mol. The normalized spacial score (nSPS) is 10.7. The number of H-pyrrole nitrogens is 1. The van der Waals surface area contributed by atoms with Gasteiger partial charge in [0.05, 0.1) is 11.4 Å². The summed E-state index contributed by atoms with van der Waals surface area (Å²) in [4.78, 5) is 10.8. The summed E-state index contributed by atoms with van der Waals surface area (Å²) in [5.41, 5.74) is 0.880. The van der Waals surface area contributed by atoms with Crippen molar-refractivity contribution in [2.75, 3.05) is 5.75 Å². The second kappa shape index (κ2) is 5.84. The van der Waals surface area contributed by atoms with Crippen molar-refractivity contribution in [3.8, 4) is 17.3 Å². The Morgan fingerprint density at radius 3 is 2.76 bits per heavy atom. The molecule has 6 nitrogen and oxygen atoms in total. The quantitative estimate of drug-likeness (QED) is 0.557. The van der Waals surface area contributed by atoms with Crippen molar-refractivity contribution >= 4 is 17.7 Å². The van der Waals surface area contributed by atoms with E-state index >= 15 is 0 Å². The first-order chi connectivity index (χ1) is 10.3. The molecule has 0 unspecified atom stereocenters. The van der Waals surface area contributed by atoms with Crippen LogP contribution in [0.5, 0.6) is 0 Å². The Hall–Kier alpha value is -2.54. The van der Waals surface area contributed by atoms with E-state index in [-0.39, 0.29) is 5.75 Å². The van der Waals surface area contributed by atoms with Gasteiger partial charge in [-0.25, -0.2) is 0 Å². The number of nitrogens with one attached hydrogen (secondary N) is 1. The van der Waals surface area contributed by atoms with Crippen LogP contribution < -0.4 is 4.57 Å². The van der Waals surface area contributed by atoms with Crippen LogP contribution in [0.1, 0.15) is 0 Å². The first-order valence-electron chi connectivity index (χ1n) is 6.20. The summed E-state index contributed by atoms with van der Waals surface area (Å²) in [6, 6.07) is 13.2. The first kappa shape index (κ1) is 13.4. The Morgan fingerprint density at radius 1 is 1.29 bits per heavy atom. The largest absolute Gasteiger partial charge is 0.481 e. The molecule has 0 radical (unpaired) electrons. The monoisotopic (exact) mass is 302 g/mol. The molecule has 0 spiro atoms. The highest BCUT2D eigenvalue weighted by molar-refractivity contribution is 7.99. The van der Waals surface area contributed by atoms with Crippen molar-refractivity contribution in [1.82, 2.24) is 10.2 Å². The van der Waals surface area contributed by atoms with Gasteiger partial charge in [-0.2, -0.15) is 4.57 Å². The van der Waals surface area contributed by atoms with Gasteiger partial charge in [0, 0.05) is 0 Å². The van der Waals surface area contributed by atoms with E-state index in [4.69, 9.17) is 9.52 Å². The smallest absolute Gasteiger partial charge is 0.342 e. The van der Waals surface area contributed by atoms with Crippen molar-refractivity contribution < 1.29 is 18.9 Å². The van der Waals surface area contributed by atoms with E-state index < -0.39 is 5.97 Å². The summed E-state index contributed by atoms with van der Waals surface area (Å²) in [7, 11) is 0. The fraction of sp³-hybridized carbons (Fsp3) is 0.0714. The molecule has 0 fully saturated rings. The molecule has 2 aromatic heterocycles. The molecule has 7 heteroatoms. The van der Waals surface area contributed by atoms with Crippen LogP contribution in [0.25, 0.3) is 17.3 Å². The number of hydrogen-bond acceptors (Lipinski definition) is 4. The number of carboxylic acids is 1. The highest BCUT2D eigenvalue weighted by atomic mass is 32.2. The zero-order valence-electron chi connectivity index (χ0n) is 10.9. The van der Waals surface area contributed by atoms with Gasteiger partial charge in [-0.15, -0.1) is 5.10 Å². The standard InChI is InChI=1S/C14H11N3O3S/c18-12(19)9-21-14-16-15-13(11-7-4-8-20-11)17(14)10-5-2-1-3-6-10/h1-8H,9H2,(H,18,19)/p+1. The van der Waals surface area contributed by atoms with Crippen molar-refractivity contribution in [1.29, 1.82) is 0 Å². The highest BCUT2D eigenvalue weighted by Gasteiger charge is 2.25. The fourth-order valence-electron chi connectivity index (χ4n) is 1.91. The Kier molecular flexibility index (Phi) is 3.74. The van der Waals surface area contributed by atoms with Crippen LogP contribution in [0.4, 0.5) is 0 Å². The van der Waals surface area contributed by atoms with Crippen molar-refractivity contribution in [3.63, 3.8) is 0 Å². The van der Waals surface area contributed by atoms with Crippen LogP contribution in [-0.2, 0) is 4.79 Å². The van der Waals surface area contributed by atoms with Crippen LogP contribution in [-0.4, -0.2) is 27.0 Å². The number of furan rings is 1. The van der Waals surface area contributed by atoms with E-state index in [2.05, 4.69) is 10.2 Å². The lowest BCUT2D eigenvalue weighted by atomic mass is 10.3. The summed E-state index contributed by atoms with van der Waals surface area (Å²) in [6.07, 6.45) is 1.58. The molecule has 21 heavy (non-hydrogen) atoms. The van der Waals surface area contributed by atoms with Gasteiger partial charge in [0.25, 0.3) is 0 Å². The van der Waals surface area contributed by atoms with E-state index in [1.807, 2.05) is 41.0 Å². The van der Waals surface area contributed by atoms with Gasteiger partial charge in [-0.05, 0) is 36.0 Å². The number of carbonyl (C=O) groups is 1. The van der Waals surface area contributed by atoms with E-state index in [1.54, 1.807) is 12.3 Å². The zero-order valence-corrected chi connectivity index (χ0v) is 11.7. The van der Waals surface area contributed by atoms with Crippen molar-refractivity contribution in [2.45, 2.75) is 5.16 Å². The van der Waals surface area contributed by atoms with Gasteiger partial charge < -0.3 is 9.52 Å². The Balaban J connectivity index is 2.08. The number of aromatic nitrogens is 3. The number of benzene rings is 1. The van der Waals surface area contributed by atoms with Gasteiger partial charge in [-0.3, -0.25) is 4.79 Å². The predicted octanol–water partition coefficient (Wildman–Crippen LogP) is 2.12. The summed E-state index contributed by atoms with van der Waals surface area (Å²) in [5, 5.41) is 16.5. The molecule has 0 atom stereocenters. The molecule has 3 rings (SSSR count). The number of nitrogens with zero attached hydrogens (tertiary/aromatic N) is 2. The van der Waals surface area contributed by atoms with Crippen LogP contribution in [0, 0.1) is 0 Å². The zero-order chi connectivity index (χ0) is 14.7. The molecule has 0 amide bonds. The minimum atomic E-state index is -0.887. The van der Waals surface area contributed by atoms with Gasteiger partial charge in [-0.1, -0.05) is 18.2 Å². The fourth-order valence-corrected chi connectivity index (χ4v) is 2.60. The third-order valence-corrected chi connectivity index (χ3v) is 3.69. The molecule has 0 aliphatic carbocycles. The van der Waals surface area contributed by atoms with Gasteiger partial charge in [0.2, 0.25) is 5.76 Å². The lowest BCUT2D eigenvalue weighted by molar-refractivity contribution is -0.625. The number of rotatable bonds is 5. The molecular formula is C14H12N3O3S+. The number of aliphatic carboxylic acids is 1. The minimum absolute atomic E-state index is 0.0602. The van der Waals surface area contributed by atoms with E-state index in [0.717, 1.165) is 17.4 Å².